The molecule has 0 heterocycles. The second-order valence-electron chi connectivity index (χ2n) is 4.78. The molecule has 0 aliphatic heterocycles. The lowest BCUT2D eigenvalue weighted by atomic mass is 10.2. The van der Waals surface area contributed by atoms with Gasteiger partial charge >= 0.3 is 0 Å². The van der Waals surface area contributed by atoms with Crippen LogP contribution in [0, 0.1) is 6.92 Å². The highest BCUT2D eigenvalue weighted by Crippen LogP contribution is 2.02. The van der Waals surface area contributed by atoms with Crippen molar-refractivity contribution in [3.05, 3.63) is 109 Å². The van der Waals surface area contributed by atoms with Crippen LogP contribution >= 0.6 is 0 Å². The summed E-state index contributed by atoms with van der Waals surface area (Å²) < 4.78 is 0. The first kappa shape index (κ1) is 19.4. The number of benzene rings is 2. The maximum Gasteiger partial charge on any atom is -0.0262 e. The minimum atomic E-state index is 1.02. The van der Waals surface area contributed by atoms with E-state index in [9.17, 15) is 0 Å². The fourth-order valence-electron chi connectivity index (χ4n) is 1.29. The molecule has 0 radical (unpaired) electrons. The Hall–Kier alpha value is -2.60. The highest BCUT2D eigenvalue weighted by Gasteiger charge is 1.82. The first-order valence-corrected chi connectivity index (χ1v) is 7.18. The Labute approximate surface area is 135 Å². The summed E-state index contributed by atoms with van der Waals surface area (Å²) in [7, 11) is 0. The van der Waals surface area contributed by atoms with E-state index in [0.717, 1.165) is 5.57 Å². The Morgan fingerprint density at radius 1 is 0.773 bits per heavy atom. The summed E-state index contributed by atoms with van der Waals surface area (Å²) in [5, 5.41) is 0. The molecule has 0 aliphatic carbocycles. The van der Waals surface area contributed by atoms with Crippen molar-refractivity contribution in [2.75, 3.05) is 0 Å². The monoisotopic (exact) mass is 290 g/mol. The molecule has 0 aromatic heterocycles. The molecule has 22 heavy (non-hydrogen) atoms. The van der Waals surface area contributed by atoms with Crippen molar-refractivity contribution in [2.45, 2.75) is 13.8 Å². The standard InChI is InChI=1S/C9H10.C8H8.C5H8/c1-3-9-6-4-8(2)5-7-9;1-2-8-6-4-3-5-7-8;1-4-5(2)3/h3-7H,1H2,2H3;2-7H,1H2;4H,1-2H2,3H3. The smallest absolute Gasteiger partial charge is 0.0262 e. The van der Waals surface area contributed by atoms with Crippen molar-refractivity contribution >= 4 is 12.2 Å². The molecule has 2 rings (SSSR count). The number of allylic oxidation sites excluding steroid dienone is 2. The fourth-order valence-corrected chi connectivity index (χ4v) is 1.29. The molecule has 0 atom stereocenters. The zero-order valence-corrected chi connectivity index (χ0v) is 13.8. The van der Waals surface area contributed by atoms with Crippen molar-refractivity contribution in [2.24, 2.45) is 0 Å². The van der Waals surface area contributed by atoms with E-state index in [-0.39, 0.29) is 0 Å². The van der Waals surface area contributed by atoms with Crippen molar-refractivity contribution in [3.8, 4) is 0 Å². The van der Waals surface area contributed by atoms with Crippen molar-refractivity contribution in [1.82, 2.24) is 0 Å². The normalized spacial score (nSPS) is 8.27. The van der Waals surface area contributed by atoms with Gasteiger partial charge < -0.3 is 0 Å². The molecule has 0 aliphatic rings. The number of rotatable bonds is 3. The average Bonchev–Trinajstić information content (AvgIpc) is 2.57. The highest BCUT2D eigenvalue weighted by atomic mass is 13.9. The van der Waals surface area contributed by atoms with Crippen LogP contribution in [0.5, 0.6) is 0 Å². The average molecular weight is 290 g/mol. The van der Waals surface area contributed by atoms with Crippen LogP contribution in [-0.4, -0.2) is 0 Å². The van der Waals surface area contributed by atoms with Crippen LogP contribution in [0.2, 0.25) is 0 Å². The zero-order chi connectivity index (χ0) is 16.8. The minimum absolute atomic E-state index is 1.02. The lowest BCUT2D eigenvalue weighted by molar-refractivity contribution is 1.46. The number of hydrogen-bond acceptors (Lipinski definition) is 0. The largest absolute Gasteiger partial charge is 0.0988 e. The molecule has 0 amide bonds. The maximum absolute atomic E-state index is 3.66. The summed E-state index contributed by atoms with van der Waals surface area (Å²) in [5.74, 6) is 0. The summed E-state index contributed by atoms with van der Waals surface area (Å²) in [6.45, 7) is 18.3. The molecule has 0 bridgehead atoms. The molecule has 0 saturated carbocycles. The molecule has 0 saturated heterocycles. The summed E-state index contributed by atoms with van der Waals surface area (Å²) in [5.41, 5.74) is 4.67. The van der Waals surface area contributed by atoms with Gasteiger partial charge in [-0.2, -0.15) is 0 Å². The van der Waals surface area contributed by atoms with Gasteiger partial charge in [-0.25, -0.2) is 0 Å². The van der Waals surface area contributed by atoms with Gasteiger partial charge in [-0.05, 0) is 25.0 Å². The van der Waals surface area contributed by atoms with E-state index in [4.69, 9.17) is 0 Å². The maximum atomic E-state index is 3.66. The topological polar surface area (TPSA) is 0 Å². The van der Waals surface area contributed by atoms with E-state index in [1.165, 1.54) is 16.7 Å². The second-order valence-corrected chi connectivity index (χ2v) is 4.78. The summed E-state index contributed by atoms with van der Waals surface area (Å²) in [4.78, 5) is 0. The third-order valence-electron chi connectivity index (χ3n) is 2.70. The lowest BCUT2D eigenvalue weighted by Gasteiger charge is -1.91. The van der Waals surface area contributed by atoms with E-state index in [1.807, 2.05) is 49.4 Å². The van der Waals surface area contributed by atoms with E-state index < -0.39 is 0 Å². The molecule has 114 valence electrons. The molecule has 0 N–H and O–H groups in total. The van der Waals surface area contributed by atoms with Gasteiger partial charge in [-0.3, -0.25) is 0 Å². The third kappa shape index (κ3) is 10.2. The summed E-state index contributed by atoms with van der Waals surface area (Å²) in [6.07, 6.45) is 5.40. The predicted molar refractivity (Wildman–Crippen MR) is 103 cm³/mol. The van der Waals surface area contributed by atoms with Crippen LogP contribution in [0.1, 0.15) is 23.6 Å². The Morgan fingerprint density at radius 2 is 1.18 bits per heavy atom. The van der Waals surface area contributed by atoms with E-state index in [2.05, 4.69) is 57.5 Å². The third-order valence-corrected chi connectivity index (χ3v) is 2.70. The van der Waals surface area contributed by atoms with Crippen molar-refractivity contribution in [3.63, 3.8) is 0 Å². The highest BCUT2D eigenvalue weighted by molar-refractivity contribution is 5.47. The Bertz CT molecular complexity index is 571. The number of hydrogen-bond donors (Lipinski definition) is 0. The summed E-state index contributed by atoms with van der Waals surface area (Å²) >= 11 is 0. The molecular weight excluding hydrogens is 264 g/mol. The van der Waals surface area contributed by atoms with Crippen LogP contribution in [0.4, 0.5) is 0 Å². The summed E-state index contributed by atoms with van der Waals surface area (Å²) in [6, 6.07) is 18.3. The predicted octanol–water partition coefficient (Wildman–Crippen LogP) is 6.72. The second kappa shape index (κ2) is 12.2. The van der Waals surface area contributed by atoms with E-state index in [0.29, 0.717) is 0 Å². The zero-order valence-electron chi connectivity index (χ0n) is 13.8. The molecule has 0 heteroatoms. The van der Waals surface area contributed by atoms with Gasteiger partial charge in [-0.1, -0.05) is 110 Å². The van der Waals surface area contributed by atoms with Gasteiger partial charge in [0.15, 0.2) is 0 Å². The Balaban J connectivity index is 0.000000315. The van der Waals surface area contributed by atoms with Gasteiger partial charge in [0.05, 0.1) is 0 Å². The molecule has 2 aromatic carbocycles. The van der Waals surface area contributed by atoms with Crippen molar-refractivity contribution < 1.29 is 0 Å². The van der Waals surface area contributed by atoms with Gasteiger partial charge in [0.2, 0.25) is 0 Å². The van der Waals surface area contributed by atoms with Gasteiger partial charge in [0.25, 0.3) is 0 Å². The van der Waals surface area contributed by atoms with Gasteiger partial charge in [0.1, 0.15) is 0 Å². The first-order valence-electron chi connectivity index (χ1n) is 7.18. The lowest BCUT2D eigenvalue weighted by Crippen LogP contribution is -1.71. The van der Waals surface area contributed by atoms with Crippen LogP contribution in [-0.2, 0) is 0 Å². The Kier molecular flexibility index (Phi) is 10.7. The van der Waals surface area contributed by atoms with Crippen LogP contribution in [0.3, 0.4) is 0 Å². The number of aryl methyl sites for hydroxylation is 1. The van der Waals surface area contributed by atoms with Crippen molar-refractivity contribution in [1.29, 1.82) is 0 Å². The Morgan fingerprint density at radius 3 is 1.50 bits per heavy atom. The molecule has 2 aromatic rings. The molecule has 0 unspecified atom stereocenters. The van der Waals surface area contributed by atoms with Gasteiger partial charge in [-0.15, -0.1) is 0 Å². The fraction of sp³-hybridized carbons (Fsp3) is 0.0909. The van der Waals surface area contributed by atoms with Crippen LogP contribution in [0.15, 0.2) is 92.6 Å². The quantitative estimate of drug-likeness (QED) is 0.551. The molecule has 0 spiro atoms. The van der Waals surface area contributed by atoms with Crippen LogP contribution < -0.4 is 0 Å². The van der Waals surface area contributed by atoms with E-state index in [1.54, 1.807) is 6.08 Å². The van der Waals surface area contributed by atoms with Gasteiger partial charge in [0, 0.05) is 0 Å². The molecule has 0 nitrogen and oxygen atoms in total. The molecular formula is C22H26. The molecule has 0 fully saturated rings. The first-order chi connectivity index (χ1) is 10.5. The van der Waals surface area contributed by atoms with Crippen LogP contribution in [0.25, 0.3) is 12.2 Å². The minimum Gasteiger partial charge on any atom is -0.0988 e. The SMILES string of the molecule is C=CC(=C)C.C=Cc1ccc(C)cc1.C=Cc1ccccc1. The van der Waals surface area contributed by atoms with E-state index >= 15 is 0 Å².